The molecule has 1 rings (SSSR count). The van der Waals surface area contributed by atoms with E-state index in [9.17, 15) is 4.79 Å². The monoisotopic (exact) mass is 207 g/mol. The molecule has 82 valence electrons. The lowest BCUT2D eigenvalue weighted by Gasteiger charge is -2.16. The third-order valence-corrected chi connectivity index (χ3v) is 2.33. The number of carboxylic acids is 1. The quantitative estimate of drug-likeness (QED) is 0.798. The molecule has 0 aromatic heterocycles. The fourth-order valence-electron chi connectivity index (χ4n) is 1.43. The molecule has 0 aliphatic carbocycles. The maximum absolute atomic E-state index is 10.7. The molecule has 0 fully saturated rings. The van der Waals surface area contributed by atoms with Crippen molar-refractivity contribution in [3.8, 4) is 0 Å². The van der Waals surface area contributed by atoms with Crippen molar-refractivity contribution in [1.29, 1.82) is 0 Å². The summed E-state index contributed by atoms with van der Waals surface area (Å²) in [6.07, 6.45) is 0. The number of para-hydroxylation sites is 1. The molecule has 1 aromatic rings. The molecule has 0 aliphatic heterocycles. The van der Waals surface area contributed by atoms with Crippen molar-refractivity contribution in [2.45, 2.75) is 32.7 Å². The van der Waals surface area contributed by atoms with Gasteiger partial charge < -0.3 is 10.4 Å². The van der Waals surface area contributed by atoms with Crippen LogP contribution in [0.3, 0.4) is 0 Å². The van der Waals surface area contributed by atoms with E-state index in [0.29, 0.717) is 5.92 Å². The van der Waals surface area contributed by atoms with Crippen molar-refractivity contribution < 1.29 is 9.90 Å². The summed E-state index contributed by atoms with van der Waals surface area (Å²) in [5.74, 6) is -0.455. The zero-order chi connectivity index (χ0) is 11.4. The van der Waals surface area contributed by atoms with Crippen LogP contribution in [-0.2, 0) is 4.79 Å². The van der Waals surface area contributed by atoms with E-state index in [2.05, 4.69) is 19.2 Å². The van der Waals surface area contributed by atoms with E-state index in [1.54, 1.807) is 6.92 Å². The van der Waals surface area contributed by atoms with E-state index < -0.39 is 12.0 Å². The van der Waals surface area contributed by atoms with Crippen molar-refractivity contribution in [2.24, 2.45) is 0 Å². The first-order chi connectivity index (χ1) is 7.02. The first-order valence-electron chi connectivity index (χ1n) is 5.10. The normalized spacial score (nSPS) is 12.5. The highest BCUT2D eigenvalue weighted by atomic mass is 16.4. The van der Waals surface area contributed by atoms with Gasteiger partial charge in [0.05, 0.1) is 0 Å². The van der Waals surface area contributed by atoms with Gasteiger partial charge in [0.25, 0.3) is 0 Å². The van der Waals surface area contributed by atoms with Gasteiger partial charge >= 0.3 is 5.97 Å². The second-order valence-electron chi connectivity index (χ2n) is 3.95. The van der Waals surface area contributed by atoms with E-state index in [1.165, 1.54) is 0 Å². The molecular formula is C12H17NO2. The summed E-state index contributed by atoms with van der Waals surface area (Å²) in [5, 5.41) is 11.8. The summed E-state index contributed by atoms with van der Waals surface area (Å²) in [7, 11) is 0. The summed E-state index contributed by atoms with van der Waals surface area (Å²) in [5.41, 5.74) is 2.05. The van der Waals surface area contributed by atoms with E-state index in [1.807, 2.05) is 24.3 Å². The third kappa shape index (κ3) is 2.98. The molecule has 1 aromatic carbocycles. The average molecular weight is 207 g/mol. The maximum Gasteiger partial charge on any atom is 0.325 e. The predicted molar refractivity (Wildman–Crippen MR) is 61.3 cm³/mol. The van der Waals surface area contributed by atoms with Gasteiger partial charge in [-0.3, -0.25) is 4.79 Å². The topological polar surface area (TPSA) is 49.3 Å². The number of anilines is 1. The van der Waals surface area contributed by atoms with Crippen LogP contribution < -0.4 is 5.32 Å². The summed E-state index contributed by atoms with van der Waals surface area (Å²) in [4.78, 5) is 10.7. The Morgan fingerprint density at radius 1 is 1.27 bits per heavy atom. The molecule has 0 aliphatic rings. The number of benzene rings is 1. The minimum Gasteiger partial charge on any atom is -0.480 e. The highest BCUT2D eigenvalue weighted by molar-refractivity contribution is 5.77. The van der Waals surface area contributed by atoms with Crippen molar-refractivity contribution in [1.82, 2.24) is 0 Å². The number of aliphatic carboxylic acids is 1. The van der Waals surface area contributed by atoms with Gasteiger partial charge in [-0.15, -0.1) is 0 Å². The van der Waals surface area contributed by atoms with Gasteiger partial charge in [-0.25, -0.2) is 0 Å². The molecule has 0 saturated heterocycles. The Balaban J connectivity index is 2.89. The van der Waals surface area contributed by atoms with Crippen molar-refractivity contribution >= 4 is 11.7 Å². The molecule has 0 saturated carbocycles. The molecule has 15 heavy (non-hydrogen) atoms. The number of rotatable bonds is 4. The Labute approximate surface area is 90.1 Å². The SMILES string of the molecule is CC(C)c1ccccc1N[C@@H](C)C(=O)O. The molecule has 0 heterocycles. The minimum absolute atomic E-state index is 0.384. The van der Waals surface area contributed by atoms with Crippen LogP contribution in [0.1, 0.15) is 32.3 Å². The maximum atomic E-state index is 10.7. The minimum atomic E-state index is -0.839. The smallest absolute Gasteiger partial charge is 0.325 e. The van der Waals surface area contributed by atoms with E-state index in [4.69, 9.17) is 5.11 Å². The molecule has 0 amide bonds. The zero-order valence-electron chi connectivity index (χ0n) is 9.32. The van der Waals surface area contributed by atoms with Crippen LogP contribution in [0.5, 0.6) is 0 Å². The van der Waals surface area contributed by atoms with Gasteiger partial charge in [-0.1, -0.05) is 32.0 Å². The lowest BCUT2D eigenvalue weighted by atomic mass is 10.0. The molecule has 0 unspecified atom stereocenters. The average Bonchev–Trinajstić information content (AvgIpc) is 2.18. The molecule has 0 bridgehead atoms. The number of hydrogen-bond acceptors (Lipinski definition) is 2. The third-order valence-electron chi connectivity index (χ3n) is 2.33. The first-order valence-corrected chi connectivity index (χ1v) is 5.10. The highest BCUT2D eigenvalue weighted by Crippen LogP contribution is 2.24. The molecular weight excluding hydrogens is 190 g/mol. The summed E-state index contributed by atoms with van der Waals surface area (Å²) in [6, 6.07) is 7.23. The number of hydrogen-bond donors (Lipinski definition) is 2. The Morgan fingerprint density at radius 3 is 2.40 bits per heavy atom. The van der Waals surface area contributed by atoms with Crippen LogP contribution in [0.2, 0.25) is 0 Å². The van der Waals surface area contributed by atoms with Gasteiger partial charge in [0.1, 0.15) is 6.04 Å². The predicted octanol–water partition coefficient (Wildman–Crippen LogP) is 2.70. The van der Waals surface area contributed by atoms with Crippen molar-refractivity contribution in [3.05, 3.63) is 29.8 Å². The van der Waals surface area contributed by atoms with Crippen LogP contribution in [0.4, 0.5) is 5.69 Å². The van der Waals surface area contributed by atoms with Crippen molar-refractivity contribution in [3.63, 3.8) is 0 Å². The van der Waals surface area contributed by atoms with Crippen LogP contribution >= 0.6 is 0 Å². The molecule has 3 heteroatoms. The highest BCUT2D eigenvalue weighted by Gasteiger charge is 2.13. The standard InChI is InChI=1S/C12H17NO2/c1-8(2)10-6-4-5-7-11(10)13-9(3)12(14)15/h4-9,13H,1-3H3,(H,14,15)/t9-/m0/s1. The van der Waals surface area contributed by atoms with Crippen molar-refractivity contribution in [2.75, 3.05) is 5.32 Å². The fraction of sp³-hybridized carbons (Fsp3) is 0.417. The summed E-state index contributed by atoms with van der Waals surface area (Å²) in [6.45, 7) is 5.82. The Morgan fingerprint density at radius 2 is 1.87 bits per heavy atom. The van der Waals surface area contributed by atoms with Crippen LogP contribution in [0.15, 0.2) is 24.3 Å². The Hall–Kier alpha value is -1.51. The van der Waals surface area contributed by atoms with Crippen LogP contribution in [-0.4, -0.2) is 17.1 Å². The largest absolute Gasteiger partial charge is 0.480 e. The molecule has 2 N–H and O–H groups in total. The van der Waals surface area contributed by atoms with Gasteiger partial charge in [0.2, 0.25) is 0 Å². The molecule has 1 atom stereocenters. The van der Waals surface area contributed by atoms with Gasteiger partial charge in [0, 0.05) is 5.69 Å². The number of nitrogens with one attached hydrogen (secondary N) is 1. The Bertz CT molecular complexity index is 347. The zero-order valence-corrected chi connectivity index (χ0v) is 9.32. The van der Waals surface area contributed by atoms with Gasteiger partial charge in [-0.05, 0) is 24.5 Å². The van der Waals surface area contributed by atoms with E-state index in [-0.39, 0.29) is 0 Å². The number of carbonyl (C=O) groups is 1. The van der Waals surface area contributed by atoms with E-state index in [0.717, 1.165) is 11.3 Å². The number of carboxylic acid groups (broad SMARTS) is 1. The summed E-state index contributed by atoms with van der Waals surface area (Å²) >= 11 is 0. The summed E-state index contributed by atoms with van der Waals surface area (Å²) < 4.78 is 0. The molecule has 0 spiro atoms. The van der Waals surface area contributed by atoms with E-state index >= 15 is 0 Å². The molecule has 3 nitrogen and oxygen atoms in total. The lowest BCUT2D eigenvalue weighted by Crippen LogP contribution is -2.26. The lowest BCUT2D eigenvalue weighted by molar-refractivity contribution is -0.137. The fourth-order valence-corrected chi connectivity index (χ4v) is 1.43. The second kappa shape index (κ2) is 4.82. The van der Waals surface area contributed by atoms with Gasteiger partial charge in [-0.2, -0.15) is 0 Å². The Kier molecular flexibility index (Phi) is 3.72. The van der Waals surface area contributed by atoms with Gasteiger partial charge in [0.15, 0.2) is 0 Å². The van der Waals surface area contributed by atoms with Crippen LogP contribution in [0, 0.1) is 0 Å². The first kappa shape index (κ1) is 11.6. The van der Waals surface area contributed by atoms with Crippen LogP contribution in [0.25, 0.3) is 0 Å². The second-order valence-corrected chi connectivity index (χ2v) is 3.95. The molecule has 0 radical (unpaired) electrons.